The minimum Gasteiger partial charge on any atom is -0.547 e. The van der Waals surface area contributed by atoms with Crippen molar-refractivity contribution in [2.24, 2.45) is 0 Å². The summed E-state index contributed by atoms with van der Waals surface area (Å²) in [6.45, 7) is 2.65. The van der Waals surface area contributed by atoms with Gasteiger partial charge in [0, 0.05) is 19.2 Å². The summed E-state index contributed by atoms with van der Waals surface area (Å²) in [4.78, 5) is 35.0. The molecule has 0 aliphatic carbocycles. The van der Waals surface area contributed by atoms with E-state index in [4.69, 9.17) is 16.3 Å². The summed E-state index contributed by atoms with van der Waals surface area (Å²) in [5.74, 6) is -3.14. The molecular weight excluding hydrogens is 310 g/mol. The first kappa shape index (κ1) is 18.0. The van der Waals surface area contributed by atoms with Crippen molar-refractivity contribution >= 4 is 29.4 Å². The van der Waals surface area contributed by atoms with Crippen molar-refractivity contribution in [1.82, 2.24) is 5.32 Å². The van der Waals surface area contributed by atoms with Crippen LogP contribution in [0.1, 0.15) is 25.0 Å². The molecule has 1 N–H and O–H groups in total. The van der Waals surface area contributed by atoms with E-state index in [1.165, 1.54) is 0 Å². The maximum atomic E-state index is 12.1. The number of hydrogen-bond acceptors (Lipinski definition) is 5. The summed E-state index contributed by atoms with van der Waals surface area (Å²) in [5.41, 5.74) is -0.885. The molecule has 0 aliphatic heterocycles. The second-order valence-corrected chi connectivity index (χ2v) is 4.99. The van der Waals surface area contributed by atoms with Crippen LogP contribution in [0.5, 0.6) is 0 Å². The highest BCUT2D eigenvalue weighted by molar-refractivity contribution is 6.17. The summed E-state index contributed by atoms with van der Waals surface area (Å²) in [6, 6.07) is 6.69. The Morgan fingerprint density at radius 3 is 2.18 bits per heavy atom. The first-order valence-electron chi connectivity index (χ1n) is 6.67. The van der Waals surface area contributed by atoms with Crippen molar-refractivity contribution < 1.29 is 24.2 Å². The molecule has 22 heavy (non-hydrogen) atoms. The van der Waals surface area contributed by atoms with Gasteiger partial charge in [-0.25, -0.2) is 4.79 Å². The monoisotopic (exact) mass is 326 g/mol. The molecule has 1 unspecified atom stereocenters. The van der Waals surface area contributed by atoms with Crippen LogP contribution in [-0.4, -0.2) is 30.0 Å². The van der Waals surface area contributed by atoms with Crippen molar-refractivity contribution in [3.05, 3.63) is 35.4 Å². The topological polar surface area (TPSA) is 95.5 Å². The third-order valence-corrected chi connectivity index (χ3v) is 3.32. The SMILES string of the molecule is CCOC(=O)C(Cc1ccc(CCl)cc1)(NC(C)=O)C(=O)[O-]. The number of amides is 1. The number of rotatable bonds is 7. The Kier molecular flexibility index (Phi) is 6.37. The predicted molar refractivity (Wildman–Crippen MR) is 77.9 cm³/mol. The lowest BCUT2D eigenvalue weighted by Gasteiger charge is -2.33. The Hall–Kier alpha value is -2.08. The number of esters is 1. The van der Waals surface area contributed by atoms with Gasteiger partial charge in [0.25, 0.3) is 0 Å². The summed E-state index contributed by atoms with van der Waals surface area (Å²) in [7, 11) is 0. The molecule has 1 aromatic rings. The maximum absolute atomic E-state index is 12.1. The highest BCUT2D eigenvalue weighted by Crippen LogP contribution is 2.17. The number of alkyl halides is 1. The molecule has 1 amide bonds. The van der Waals surface area contributed by atoms with E-state index in [0.29, 0.717) is 11.4 Å². The molecule has 0 radical (unpaired) electrons. The van der Waals surface area contributed by atoms with Crippen LogP contribution in [0.3, 0.4) is 0 Å². The molecular formula is C15H17ClNO5-. The van der Waals surface area contributed by atoms with Crippen LogP contribution in [0, 0.1) is 0 Å². The van der Waals surface area contributed by atoms with Gasteiger partial charge in [0.05, 0.1) is 12.6 Å². The third kappa shape index (κ3) is 4.21. The van der Waals surface area contributed by atoms with Crippen molar-refractivity contribution in [1.29, 1.82) is 0 Å². The predicted octanol–water partition coefficient (Wildman–Crippen LogP) is 0.156. The number of hydrogen-bond donors (Lipinski definition) is 1. The maximum Gasteiger partial charge on any atom is 0.338 e. The number of carbonyl (C=O) groups is 3. The van der Waals surface area contributed by atoms with E-state index in [1.54, 1.807) is 31.2 Å². The standard InChI is InChI=1S/C15H18ClNO5/c1-3-22-14(21)15(13(19)20,17-10(2)18)8-11-4-6-12(9-16)7-5-11/h4-7H,3,8-9H2,1-2H3,(H,17,18)(H,19,20)/p-1. The molecule has 0 spiro atoms. The van der Waals surface area contributed by atoms with Gasteiger partial charge in [-0.3, -0.25) is 4.79 Å². The van der Waals surface area contributed by atoms with Gasteiger partial charge in [0.1, 0.15) is 0 Å². The molecule has 0 fully saturated rings. The van der Waals surface area contributed by atoms with Gasteiger partial charge in [0.15, 0.2) is 5.54 Å². The zero-order valence-electron chi connectivity index (χ0n) is 12.3. The van der Waals surface area contributed by atoms with Gasteiger partial charge in [-0.1, -0.05) is 24.3 Å². The van der Waals surface area contributed by atoms with Crippen LogP contribution >= 0.6 is 11.6 Å². The van der Waals surface area contributed by atoms with E-state index in [2.05, 4.69) is 5.32 Å². The van der Waals surface area contributed by atoms with Gasteiger partial charge in [-0.2, -0.15) is 0 Å². The van der Waals surface area contributed by atoms with E-state index < -0.39 is 23.4 Å². The molecule has 7 heteroatoms. The van der Waals surface area contributed by atoms with Crippen molar-refractivity contribution in [3.8, 4) is 0 Å². The van der Waals surface area contributed by atoms with Crippen LogP contribution in [0.25, 0.3) is 0 Å². The largest absolute Gasteiger partial charge is 0.547 e. The van der Waals surface area contributed by atoms with Gasteiger partial charge in [-0.15, -0.1) is 11.6 Å². The molecule has 0 bridgehead atoms. The number of benzene rings is 1. The molecule has 0 aliphatic rings. The van der Waals surface area contributed by atoms with Crippen LogP contribution < -0.4 is 10.4 Å². The first-order valence-corrected chi connectivity index (χ1v) is 7.20. The Morgan fingerprint density at radius 2 is 1.77 bits per heavy atom. The van der Waals surface area contributed by atoms with E-state index in [0.717, 1.165) is 12.5 Å². The summed E-state index contributed by atoms with van der Waals surface area (Å²) in [6.07, 6.45) is -0.281. The number of halogens is 1. The minimum absolute atomic E-state index is 0.0152. The second kappa shape index (κ2) is 7.79. The summed E-state index contributed by atoms with van der Waals surface area (Å²) in [5, 5.41) is 13.7. The second-order valence-electron chi connectivity index (χ2n) is 4.72. The lowest BCUT2D eigenvalue weighted by Crippen LogP contribution is -2.66. The number of carboxylic acid groups (broad SMARTS) is 1. The molecule has 0 heterocycles. The number of nitrogens with one attached hydrogen (secondary N) is 1. The highest BCUT2D eigenvalue weighted by Gasteiger charge is 2.42. The molecule has 0 saturated carbocycles. The number of carbonyl (C=O) groups excluding carboxylic acids is 3. The lowest BCUT2D eigenvalue weighted by atomic mass is 9.90. The molecule has 0 saturated heterocycles. The third-order valence-electron chi connectivity index (χ3n) is 3.01. The van der Waals surface area contributed by atoms with Gasteiger partial charge in [0.2, 0.25) is 5.91 Å². The normalized spacial score (nSPS) is 13.0. The van der Waals surface area contributed by atoms with Gasteiger partial charge in [-0.05, 0) is 18.1 Å². The van der Waals surface area contributed by atoms with Crippen molar-refractivity contribution in [3.63, 3.8) is 0 Å². The van der Waals surface area contributed by atoms with Crippen LogP contribution in [0.2, 0.25) is 0 Å². The molecule has 1 aromatic carbocycles. The van der Waals surface area contributed by atoms with E-state index in [1.807, 2.05) is 0 Å². The first-order chi connectivity index (χ1) is 10.4. The Labute approximate surface area is 133 Å². The molecule has 1 atom stereocenters. The Morgan fingerprint density at radius 1 is 1.23 bits per heavy atom. The zero-order valence-corrected chi connectivity index (χ0v) is 13.1. The Balaban J connectivity index is 3.18. The lowest BCUT2D eigenvalue weighted by molar-refractivity contribution is -0.313. The molecule has 120 valence electrons. The van der Waals surface area contributed by atoms with Crippen molar-refractivity contribution in [2.45, 2.75) is 31.7 Å². The van der Waals surface area contributed by atoms with E-state index in [-0.39, 0.29) is 13.0 Å². The average molecular weight is 327 g/mol. The number of ether oxygens (including phenoxy) is 1. The van der Waals surface area contributed by atoms with Crippen LogP contribution in [0.15, 0.2) is 24.3 Å². The van der Waals surface area contributed by atoms with Crippen molar-refractivity contribution in [2.75, 3.05) is 6.61 Å². The van der Waals surface area contributed by atoms with Gasteiger partial charge >= 0.3 is 5.97 Å². The average Bonchev–Trinajstić information content (AvgIpc) is 2.46. The van der Waals surface area contributed by atoms with E-state index >= 15 is 0 Å². The fourth-order valence-corrected chi connectivity index (χ4v) is 2.16. The van der Waals surface area contributed by atoms with E-state index in [9.17, 15) is 19.5 Å². The summed E-state index contributed by atoms with van der Waals surface area (Å²) < 4.78 is 4.79. The zero-order chi connectivity index (χ0) is 16.8. The fourth-order valence-electron chi connectivity index (χ4n) is 1.98. The number of aliphatic carboxylic acids is 1. The quantitative estimate of drug-likeness (QED) is 0.437. The molecule has 0 aromatic heterocycles. The highest BCUT2D eigenvalue weighted by atomic mass is 35.5. The smallest absolute Gasteiger partial charge is 0.338 e. The van der Waals surface area contributed by atoms with Gasteiger partial charge < -0.3 is 20.0 Å². The number of carboxylic acids is 1. The molecule has 6 nitrogen and oxygen atoms in total. The minimum atomic E-state index is -2.26. The fraction of sp³-hybridized carbons (Fsp3) is 0.400. The Bertz CT molecular complexity index is 558. The molecule has 1 rings (SSSR count). The van der Waals surface area contributed by atoms with Crippen LogP contribution in [-0.2, 0) is 31.4 Å². The summed E-state index contributed by atoms with van der Waals surface area (Å²) >= 11 is 5.69. The van der Waals surface area contributed by atoms with Crippen LogP contribution in [0.4, 0.5) is 0 Å².